The Hall–Kier alpha value is -3.52. The maximum Gasteiger partial charge on any atom is 0.276 e. The Balaban J connectivity index is 1.65. The molecule has 2 heterocycles. The largest absolute Gasteiger partial charge is 0.367 e. The summed E-state index contributed by atoms with van der Waals surface area (Å²) < 4.78 is 16.8. The Kier molecular flexibility index (Phi) is 6.55. The van der Waals surface area contributed by atoms with Crippen LogP contribution in [-0.2, 0) is 6.54 Å². The van der Waals surface area contributed by atoms with Crippen LogP contribution in [0.2, 0.25) is 0 Å². The molecule has 0 radical (unpaired) electrons. The number of halogens is 1. The number of anilines is 1. The van der Waals surface area contributed by atoms with Gasteiger partial charge in [-0.25, -0.2) is 9.82 Å². The third-order valence-corrected chi connectivity index (χ3v) is 6.04. The second-order valence-electron chi connectivity index (χ2n) is 8.38. The van der Waals surface area contributed by atoms with Crippen molar-refractivity contribution in [1.29, 1.82) is 0 Å². The lowest BCUT2D eigenvalue weighted by Gasteiger charge is -2.34. The normalized spacial score (nSPS) is 14.8. The van der Waals surface area contributed by atoms with E-state index in [1.165, 1.54) is 18.5 Å². The van der Waals surface area contributed by atoms with Gasteiger partial charge in [-0.15, -0.1) is 0 Å². The number of aryl methyl sites for hydroxylation is 2. The Morgan fingerprint density at radius 1 is 1.15 bits per heavy atom. The second-order valence-corrected chi connectivity index (χ2v) is 8.38. The molecule has 0 spiro atoms. The van der Waals surface area contributed by atoms with Gasteiger partial charge in [0.05, 0.1) is 17.4 Å². The van der Waals surface area contributed by atoms with Crippen molar-refractivity contribution >= 4 is 28.7 Å². The molecule has 1 fully saturated rings. The van der Waals surface area contributed by atoms with Crippen LogP contribution in [0.25, 0.3) is 10.9 Å². The zero-order chi connectivity index (χ0) is 23.5. The molecule has 1 aliphatic rings. The molecule has 0 unspecified atom stereocenters. The summed E-state index contributed by atoms with van der Waals surface area (Å²) in [6.45, 7) is 7.56. The number of nitrogens with zero attached hydrogens (tertiary/aromatic N) is 4. The van der Waals surface area contributed by atoms with E-state index >= 15 is 4.39 Å². The summed E-state index contributed by atoms with van der Waals surface area (Å²) in [4.78, 5) is 30.0. The minimum Gasteiger partial charge on any atom is -0.367 e. The predicted molar refractivity (Wildman–Crippen MR) is 130 cm³/mol. The summed E-state index contributed by atoms with van der Waals surface area (Å²) in [5.41, 5.74) is 4.86. The molecule has 1 amide bonds. The minimum atomic E-state index is -0.629. The fourth-order valence-corrected chi connectivity index (χ4v) is 3.99. The van der Waals surface area contributed by atoms with Crippen LogP contribution in [0.15, 0.2) is 52.5 Å². The van der Waals surface area contributed by atoms with Crippen LogP contribution < -0.4 is 15.8 Å². The Labute approximate surface area is 192 Å². The first-order chi connectivity index (χ1) is 15.9. The highest BCUT2D eigenvalue weighted by molar-refractivity contribution is 5.98. The fourth-order valence-electron chi connectivity index (χ4n) is 3.99. The molecule has 8 heteroatoms. The SMILES string of the molecule is CCn1cc(C(=O)NN=Cc2ccc(C)cc2)c(=O)c2cc(F)c(N3CCN(C)CC3)cc21. The van der Waals surface area contributed by atoms with Gasteiger partial charge in [-0.1, -0.05) is 29.8 Å². The number of aromatic nitrogens is 1. The summed E-state index contributed by atoms with van der Waals surface area (Å²) in [6.07, 6.45) is 3.03. The molecule has 172 valence electrons. The van der Waals surface area contributed by atoms with E-state index in [-0.39, 0.29) is 10.9 Å². The minimum absolute atomic E-state index is 0.0721. The van der Waals surface area contributed by atoms with Gasteiger partial charge in [-0.2, -0.15) is 5.10 Å². The second kappa shape index (κ2) is 9.54. The zero-order valence-corrected chi connectivity index (χ0v) is 19.1. The molecule has 0 aliphatic carbocycles. The van der Waals surface area contributed by atoms with E-state index < -0.39 is 17.2 Å². The van der Waals surface area contributed by atoms with Gasteiger partial charge < -0.3 is 14.4 Å². The molecule has 1 aliphatic heterocycles. The van der Waals surface area contributed by atoms with E-state index in [2.05, 4.69) is 15.4 Å². The third kappa shape index (κ3) is 4.80. The lowest BCUT2D eigenvalue weighted by molar-refractivity contribution is 0.0953. The average molecular weight is 450 g/mol. The monoisotopic (exact) mass is 449 g/mol. The lowest BCUT2D eigenvalue weighted by Crippen LogP contribution is -2.44. The van der Waals surface area contributed by atoms with E-state index in [0.29, 0.717) is 17.7 Å². The number of benzene rings is 2. The molecule has 2 aromatic carbocycles. The van der Waals surface area contributed by atoms with E-state index in [9.17, 15) is 9.59 Å². The summed E-state index contributed by atoms with van der Waals surface area (Å²) in [5, 5.41) is 4.15. The number of carbonyl (C=O) groups excluding carboxylic acids is 1. The highest BCUT2D eigenvalue weighted by atomic mass is 19.1. The first kappa shape index (κ1) is 22.7. The molecular weight excluding hydrogens is 421 g/mol. The number of hydrazone groups is 1. The van der Waals surface area contributed by atoms with Crippen molar-refractivity contribution in [2.24, 2.45) is 5.10 Å². The molecule has 7 nitrogen and oxygen atoms in total. The predicted octanol–water partition coefficient (Wildman–Crippen LogP) is 2.98. The van der Waals surface area contributed by atoms with Crippen LogP contribution in [0, 0.1) is 12.7 Å². The third-order valence-electron chi connectivity index (χ3n) is 6.04. The van der Waals surface area contributed by atoms with Crippen molar-refractivity contribution in [3.8, 4) is 0 Å². The number of hydrogen-bond acceptors (Lipinski definition) is 5. The number of amides is 1. The van der Waals surface area contributed by atoms with Gasteiger partial charge in [0, 0.05) is 44.3 Å². The van der Waals surface area contributed by atoms with Crippen molar-refractivity contribution in [3.63, 3.8) is 0 Å². The van der Waals surface area contributed by atoms with Gasteiger partial charge in [0.2, 0.25) is 5.43 Å². The summed E-state index contributed by atoms with van der Waals surface area (Å²) in [5.74, 6) is -1.09. The molecule has 0 bridgehead atoms. The Morgan fingerprint density at radius 2 is 1.85 bits per heavy atom. The van der Waals surface area contributed by atoms with Gasteiger partial charge in [0.15, 0.2) is 0 Å². The van der Waals surface area contributed by atoms with Crippen molar-refractivity contribution in [2.45, 2.75) is 20.4 Å². The van der Waals surface area contributed by atoms with Crippen LogP contribution in [0.3, 0.4) is 0 Å². The lowest BCUT2D eigenvalue weighted by atomic mass is 10.1. The topological polar surface area (TPSA) is 69.9 Å². The summed E-state index contributed by atoms with van der Waals surface area (Å²) in [7, 11) is 2.04. The van der Waals surface area contributed by atoms with Crippen molar-refractivity contribution in [3.05, 3.63) is 75.3 Å². The van der Waals surface area contributed by atoms with Gasteiger partial charge in [-0.3, -0.25) is 9.59 Å². The number of pyridine rings is 1. The highest BCUT2D eigenvalue weighted by Gasteiger charge is 2.21. The maximum atomic E-state index is 15.0. The number of likely N-dealkylation sites (N-methyl/N-ethyl adjacent to an activating group) is 1. The van der Waals surface area contributed by atoms with Crippen LogP contribution in [0.4, 0.5) is 10.1 Å². The maximum absolute atomic E-state index is 15.0. The van der Waals surface area contributed by atoms with Gasteiger partial charge in [-0.05, 0) is 38.6 Å². The van der Waals surface area contributed by atoms with Crippen molar-refractivity contribution < 1.29 is 9.18 Å². The molecule has 0 atom stereocenters. The molecule has 1 N–H and O–H groups in total. The molecule has 4 rings (SSSR count). The average Bonchev–Trinajstić information content (AvgIpc) is 2.81. The van der Waals surface area contributed by atoms with Gasteiger partial charge in [0.25, 0.3) is 5.91 Å². The van der Waals surface area contributed by atoms with Crippen molar-refractivity contribution in [2.75, 3.05) is 38.1 Å². The van der Waals surface area contributed by atoms with Gasteiger partial charge >= 0.3 is 0 Å². The smallest absolute Gasteiger partial charge is 0.276 e. The van der Waals surface area contributed by atoms with E-state index in [1.807, 2.05) is 50.1 Å². The Morgan fingerprint density at radius 3 is 2.52 bits per heavy atom. The van der Waals surface area contributed by atoms with Crippen LogP contribution in [0.1, 0.15) is 28.4 Å². The standard InChI is InChI=1S/C25H28FN5O2/c1-4-30-16-20(25(33)28-27-15-18-7-5-17(2)6-8-18)24(32)19-13-21(26)23(14-22(19)30)31-11-9-29(3)10-12-31/h5-8,13-16H,4,9-12H2,1-3H3,(H,28,33). The molecule has 1 aromatic heterocycles. The molecule has 33 heavy (non-hydrogen) atoms. The molecule has 3 aromatic rings. The first-order valence-electron chi connectivity index (χ1n) is 11.1. The van der Waals surface area contributed by atoms with Crippen LogP contribution >= 0.6 is 0 Å². The van der Waals surface area contributed by atoms with Crippen LogP contribution in [0.5, 0.6) is 0 Å². The van der Waals surface area contributed by atoms with E-state index in [4.69, 9.17) is 0 Å². The number of carbonyl (C=O) groups is 1. The van der Waals surface area contributed by atoms with Gasteiger partial charge in [0.1, 0.15) is 11.4 Å². The Bertz CT molecular complexity index is 1260. The number of fused-ring (bicyclic) bond motifs is 1. The van der Waals surface area contributed by atoms with Crippen LogP contribution in [-0.4, -0.2) is 54.8 Å². The molecule has 1 saturated heterocycles. The van der Waals surface area contributed by atoms with E-state index in [0.717, 1.165) is 37.3 Å². The first-order valence-corrected chi connectivity index (χ1v) is 11.1. The molecular formula is C25H28FN5O2. The number of nitrogens with one attached hydrogen (secondary N) is 1. The number of rotatable bonds is 5. The van der Waals surface area contributed by atoms with Crippen molar-refractivity contribution in [1.82, 2.24) is 14.9 Å². The number of hydrogen-bond donors (Lipinski definition) is 1. The van der Waals surface area contributed by atoms with E-state index in [1.54, 1.807) is 10.6 Å². The summed E-state index contributed by atoms with van der Waals surface area (Å²) in [6, 6.07) is 10.6. The molecule has 0 saturated carbocycles. The highest BCUT2D eigenvalue weighted by Crippen LogP contribution is 2.26. The zero-order valence-electron chi connectivity index (χ0n) is 19.1. The quantitative estimate of drug-likeness (QED) is 0.480. The summed E-state index contributed by atoms with van der Waals surface area (Å²) >= 11 is 0. The number of piperazine rings is 1. The fraction of sp³-hybridized carbons (Fsp3) is 0.320.